The Bertz CT molecular complexity index is 801. The van der Waals surface area contributed by atoms with Crippen LogP contribution in [-0.4, -0.2) is 29.0 Å². The van der Waals surface area contributed by atoms with Crippen LogP contribution in [-0.2, 0) is 6.54 Å². The zero-order valence-electron chi connectivity index (χ0n) is 13.3. The van der Waals surface area contributed by atoms with Gasteiger partial charge in [0.1, 0.15) is 12.7 Å². The number of hydrogen-bond donors (Lipinski definition) is 1. The van der Waals surface area contributed by atoms with Crippen LogP contribution >= 0.6 is 0 Å². The predicted molar refractivity (Wildman–Crippen MR) is 91.6 cm³/mol. The first kappa shape index (κ1) is 14.8. The lowest BCUT2D eigenvalue weighted by molar-refractivity contribution is 0.0902. The average molecular weight is 321 g/mol. The van der Waals surface area contributed by atoms with Gasteiger partial charge in [-0.1, -0.05) is 30.3 Å². The quantitative estimate of drug-likeness (QED) is 0.785. The lowest BCUT2D eigenvalue weighted by Crippen LogP contribution is -2.38. The number of nitrogens with zero attached hydrogens (tertiary/aromatic N) is 2. The lowest BCUT2D eigenvalue weighted by Gasteiger charge is -2.26. The minimum Gasteiger partial charge on any atom is -0.486 e. The monoisotopic (exact) mass is 321 g/mol. The molecule has 1 atom stereocenters. The molecule has 1 N–H and O–H groups in total. The highest BCUT2D eigenvalue weighted by Crippen LogP contribution is 2.30. The van der Waals surface area contributed by atoms with Crippen LogP contribution in [0.3, 0.4) is 0 Å². The summed E-state index contributed by atoms with van der Waals surface area (Å²) in [4.78, 5) is 0. The van der Waals surface area contributed by atoms with Crippen molar-refractivity contribution in [2.75, 3.05) is 13.2 Å². The molecule has 0 saturated heterocycles. The van der Waals surface area contributed by atoms with Gasteiger partial charge in [-0.15, -0.1) is 0 Å². The molecule has 122 valence electrons. The van der Waals surface area contributed by atoms with E-state index in [0.717, 1.165) is 35.8 Å². The van der Waals surface area contributed by atoms with Gasteiger partial charge < -0.3 is 14.8 Å². The van der Waals surface area contributed by atoms with Gasteiger partial charge in [0.2, 0.25) is 0 Å². The fourth-order valence-corrected chi connectivity index (χ4v) is 2.71. The van der Waals surface area contributed by atoms with Crippen molar-refractivity contribution in [2.45, 2.75) is 12.6 Å². The van der Waals surface area contributed by atoms with E-state index in [9.17, 15) is 0 Å². The summed E-state index contributed by atoms with van der Waals surface area (Å²) in [6.45, 7) is 2.03. The Morgan fingerprint density at radius 2 is 1.83 bits per heavy atom. The maximum atomic E-state index is 5.94. The summed E-state index contributed by atoms with van der Waals surface area (Å²) in [6, 6.07) is 17.9. The van der Waals surface area contributed by atoms with Crippen LogP contribution in [0.25, 0.3) is 5.69 Å². The van der Waals surface area contributed by atoms with Crippen molar-refractivity contribution in [3.05, 3.63) is 72.6 Å². The van der Waals surface area contributed by atoms with Crippen LogP contribution in [0.5, 0.6) is 11.5 Å². The van der Waals surface area contributed by atoms with Gasteiger partial charge in [0.15, 0.2) is 11.5 Å². The third-order valence-corrected chi connectivity index (χ3v) is 3.93. The molecule has 0 amide bonds. The van der Waals surface area contributed by atoms with Crippen LogP contribution in [0, 0.1) is 0 Å². The van der Waals surface area contributed by atoms with Crippen LogP contribution in [0.1, 0.15) is 5.56 Å². The lowest BCUT2D eigenvalue weighted by atomic mass is 10.2. The molecular weight excluding hydrogens is 302 g/mol. The van der Waals surface area contributed by atoms with E-state index in [1.165, 1.54) is 0 Å². The Hall–Kier alpha value is -2.79. The third-order valence-electron chi connectivity index (χ3n) is 3.93. The molecule has 5 nitrogen and oxygen atoms in total. The van der Waals surface area contributed by atoms with E-state index in [2.05, 4.69) is 10.4 Å². The van der Waals surface area contributed by atoms with Crippen molar-refractivity contribution < 1.29 is 9.47 Å². The molecule has 24 heavy (non-hydrogen) atoms. The largest absolute Gasteiger partial charge is 0.486 e. The summed E-state index contributed by atoms with van der Waals surface area (Å²) in [5.41, 5.74) is 2.19. The molecule has 2 aromatic carbocycles. The van der Waals surface area contributed by atoms with Gasteiger partial charge in [-0.2, -0.15) is 5.10 Å². The third kappa shape index (κ3) is 3.26. The maximum absolute atomic E-state index is 5.94. The summed E-state index contributed by atoms with van der Waals surface area (Å²) in [7, 11) is 0. The molecule has 1 aliphatic rings. The van der Waals surface area contributed by atoms with Gasteiger partial charge >= 0.3 is 0 Å². The predicted octanol–water partition coefficient (Wildman–Crippen LogP) is 2.80. The highest BCUT2D eigenvalue weighted by molar-refractivity contribution is 5.40. The Labute approximate surface area is 140 Å². The SMILES string of the molecule is c1ccc(-n2cc(CNCC3COc4ccccc4O3)cn2)cc1. The van der Waals surface area contributed by atoms with Gasteiger partial charge in [-0.25, -0.2) is 4.68 Å². The number of fused-ring (bicyclic) bond motifs is 1. The first-order valence-electron chi connectivity index (χ1n) is 8.07. The summed E-state index contributed by atoms with van der Waals surface area (Å²) in [5.74, 6) is 1.63. The fraction of sp³-hybridized carbons (Fsp3) is 0.211. The standard InChI is InChI=1S/C19H19N3O2/c1-2-6-16(7-3-1)22-13-15(11-21-22)10-20-12-17-14-23-18-8-4-5-9-19(18)24-17/h1-9,11,13,17,20H,10,12,14H2. The number of nitrogens with one attached hydrogen (secondary N) is 1. The first-order valence-corrected chi connectivity index (χ1v) is 8.07. The molecule has 1 aromatic heterocycles. The van der Waals surface area contributed by atoms with Crippen LogP contribution in [0.15, 0.2) is 67.0 Å². The number of ether oxygens (including phenoxy) is 2. The molecule has 1 aliphatic heterocycles. The van der Waals surface area contributed by atoms with E-state index >= 15 is 0 Å². The Morgan fingerprint density at radius 3 is 2.71 bits per heavy atom. The first-order chi connectivity index (χ1) is 11.9. The Balaban J connectivity index is 1.30. The number of para-hydroxylation sites is 3. The van der Waals surface area contributed by atoms with Crippen molar-refractivity contribution in [1.29, 1.82) is 0 Å². The molecule has 5 heteroatoms. The number of aromatic nitrogens is 2. The molecular formula is C19H19N3O2. The molecule has 0 bridgehead atoms. The van der Waals surface area contributed by atoms with Gasteiger partial charge in [0.05, 0.1) is 11.9 Å². The second kappa shape index (κ2) is 6.76. The molecule has 0 radical (unpaired) electrons. The molecule has 0 saturated carbocycles. The molecule has 0 aliphatic carbocycles. The van der Waals surface area contributed by atoms with Gasteiger partial charge in [-0.05, 0) is 24.3 Å². The Morgan fingerprint density at radius 1 is 1.04 bits per heavy atom. The second-order valence-electron chi connectivity index (χ2n) is 5.76. The minimum atomic E-state index is 0.0177. The van der Waals surface area contributed by atoms with Gasteiger partial charge in [0, 0.05) is 24.8 Å². The van der Waals surface area contributed by atoms with Crippen molar-refractivity contribution in [1.82, 2.24) is 15.1 Å². The van der Waals surface area contributed by atoms with Crippen LogP contribution in [0.4, 0.5) is 0 Å². The summed E-state index contributed by atoms with van der Waals surface area (Å²) in [5, 5.41) is 7.81. The van der Waals surface area contributed by atoms with Crippen LogP contribution < -0.4 is 14.8 Å². The summed E-state index contributed by atoms with van der Waals surface area (Å²) in [6.07, 6.45) is 3.94. The second-order valence-corrected chi connectivity index (χ2v) is 5.76. The molecule has 3 aromatic rings. The fourth-order valence-electron chi connectivity index (χ4n) is 2.71. The number of rotatable bonds is 5. The maximum Gasteiger partial charge on any atom is 0.161 e. The Kier molecular flexibility index (Phi) is 4.16. The van der Waals surface area contributed by atoms with E-state index < -0.39 is 0 Å². The summed E-state index contributed by atoms with van der Waals surface area (Å²) >= 11 is 0. The number of hydrogen-bond acceptors (Lipinski definition) is 4. The topological polar surface area (TPSA) is 48.3 Å². The highest BCUT2D eigenvalue weighted by atomic mass is 16.6. The van der Waals surface area contributed by atoms with E-state index in [1.54, 1.807) is 0 Å². The van der Waals surface area contributed by atoms with Crippen molar-refractivity contribution in [3.63, 3.8) is 0 Å². The number of benzene rings is 2. The van der Waals surface area contributed by atoms with E-state index in [0.29, 0.717) is 6.61 Å². The van der Waals surface area contributed by atoms with Crippen LogP contribution in [0.2, 0.25) is 0 Å². The van der Waals surface area contributed by atoms with Gasteiger partial charge in [0.25, 0.3) is 0 Å². The zero-order chi connectivity index (χ0) is 16.2. The zero-order valence-corrected chi connectivity index (χ0v) is 13.3. The van der Waals surface area contributed by atoms with E-state index in [-0.39, 0.29) is 6.10 Å². The molecule has 0 spiro atoms. The molecule has 2 heterocycles. The van der Waals surface area contributed by atoms with Gasteiger partial charge in [-0.3, -0.25) is 0 Å². The summed E-state index contributed by atoms with van der Waals surface area (Å²) < 4.78 is 13.5. The average Bonchev–Trinajstić information content (AvgIpc) is 3.11. The van der Waals surface area contributed by atoms with E-state index in [4.69, 9.17) is 9.47 Å². The smallest absolute Gasteiger partial charge is 0.161 e. The highest BCUT2D eigenvalue weighted by Gasteiger charge is 2.19. The van der Waals surface area contributed by atoms with E-state index in [1.807, 2.05) is 71.7 Å². The van der Waals surface area contributed by atoms with Crippen molar-refractivity contribution >= 4 is 0 Å². The molecule has 4 rings (SSSR count). The molecule has 1 unspecified atom stereocenters. The normalized spacial score (nSPS) is 16.1. The van der Waals surface area contributed by atoms with Crippen molar-refractivity contribution in [2.24, 2.45) is 0 Å². The minimum absolute atomic E-state index is 0.0177. The molecule has 0 fully saturated rings. The van der Waals surface area contributed by atoms with Crippen molar-refractivity contribution in [3.8, 4) is 17.2 Å².